The Morgan fingerprint density at radius 2 is 1.81 bits per heavy atom. The van der Waals surface area contributed by atoms with Crippen LogP contribution in [0, 0.1) is 11.3 Å². The van der Waals surface area contributed by atoms with Gasteiger partial charge in [-0.2, -0.15) is 0 Å². The minimum atomic E-state index is -0.268. The molecule has 0 aliphatic heterocycles. The van der Waals surface area contributed by atoms with Gasteiger partial charge in [0.05, 0.1) is 6.10 Å². The second kappa shape index (κ2) is 6.82. The number of benzene rings is 1. The average Bonchev–Trinajstić information content (AvgIpc) is 2.55. The van der Waals surface area contributed by atoms with Gasteiger partial charge in [0.2, 0.25) is 0 Å². The van der Waals surface area contributed by atoms with Crippen molar-refractivity contribution < 1.29 is 18.0 Å². The van der Waals surface area contributed by atoms with Crippen molar-refractivity contribution in [3.8, 4) is 11.5 Å². The van der Waals surface area contributed by atoms with Gasteiger partial charge in [-0.15, -0.1) is 0 Å². The van der Waals surface area contributed by atoms with E-state index in [1.54, 1.807) is 7.11 Å². The van der Waals surface area contributed by atoms with Crippen LogP contribution in [0.4, 0.5) is 0 Å². The summed E-state index contributed by atoms with van der Waals surface area (Å²) in [6.07, 6.45) is 2.82. The molecule has 5 heteroatoms. The Kier molecular flexibility index (Phi) is 5.30. The van der Waals surface area contributed by atoms with Crippen molar-refractivity contribution in [1.29, 1.82) is 0 Å². The molecular weight excluding hydrogens is 443 g/mol. The van der Waals surface area contributed by atoms with Gasteiger partial charge in [0.1, 0.15) is 29.1 Å². The molecule has 26 heavy (non-hydrogen) atoms. The minimum Gasteiger partial charge on any atom is -0.504 e. The highest BCUT2D eigenvalue weighted by Gasteiger charge is 2.59. The Bertz CT molecular complexity index is 700. The third-order valence-electron chi connectivity index (χ3n) is 6.87. The van der Waals surface area contributed by atoms with Crippen LogP contribution in [-0.4, -0.2) is 23.4 Å². The normalized spacial score (nSPS) is 33.0. The van der Waals surface area contributed by atoms with Gasteiger partial charge in [-0.3, -0.25) is 0 Å². The number of fused-ring (bicyclic) bond motifs is 3. The second-order valence-corrected chi connectivity index (χ2v) is 9.74. The van der Waals surface area contributed by atoms with Gasteiger partial charge < -0.3 is 18.0 Å². The number of hydrogen-bond donors (Lipinski definition) is 2. The number of rotatable bonds is 3. The highest BCUT2D eigenvalue weighted by molar-refractivity contribution is 14.1. The van der Waals surface area contributed by atoms with Crippen LogP contribution in [0.5, 0.6) is 11.5 Å². The summed E-state index contributed by atoms with van der Waals surface area (Å²) in [5.41, 5.74) is 2.36. The molecule has 0 amide bonds. The van der Waals surface area contributed by atoms with Gasteiger partial charge in [0.15, 0.2) is 11.5 Å². The van der Waals surface area contributed by atoms with Crippen molar-refractivity contribution in [1.82, 2.24) is 0 Å². The molecule has 0 spiro atoms. The molecular formula is C21H31IO4. The summed E-state index contributed by atoms with van der Waals surface area (Å²) in [6.45, 7) is 10.8. The number of ether oxygens (including phenoxy) is 1. The number of halogens is 1. The van der Waals surface area contributed by atoms with Gasteiger partial charge in [-0.1, -0.05) is 41.0 Å². The van der Waals surface area contributed by atoms with E-state index in [0.717, 1.165) is 36.0 Å². The van der Waals surface area contributed by atoms with Crippen molar-refractivity contribution in [2.75, 3.05) is 7.11 Å². The van der Waals surface area contributed by atoms with Gasteiger partial charge in [-0.25, -0.2) is 0 Å². The van der Waals surface area contributed by atoms with Crippen LogP contribution in [-0.2, 0) is 13.2 Å². The van der Waals surface area contributed by atoms with E-state index in [9.17, 15) is 10.2 Å². The molecule has 3 rings (SSSR count). The first-order chi connectivity index (χ1) is 12.1. The molecule has 2 aliphatic carbocycles. The Balaban J connectivity index is 2.35. The van der Waals surface area contributed by atoms with Crippen LogP contribution < -0.4 is 0 Å². The predicted molar refractivity (Wildman–Crippen MR) is 111 cm³/mol. The fourth-order valence-corrected chi connectivity index (χ4v) is 6.41. The number of phenols is 2. The summed E-state index contributed by atoms with van der Waals surface area (Å²) in [5, 5.41) is 21.8. The number of phenolic OH excluding ortho intramolecular Hbond substituents is 2. The summed E-state index contributed by atoms with van der Waals surface area (Å²) >= 11 is 1.95. The molecule has 4 nitrogen and oxygen atoms in total. The molecule has 1 saturated carbocycles. The van der Waals surface area contributed by atoms with Gasteiger partial charge >= 0.3 is 0 Å². The Hall–Kier alpha value is -0.530. The van der Waals surface area contributed by atoms with Gasteiger partial charge in [0, 0.05) is 29.6 Å². The van der Waals surface area contributed by atoms with Crippen molar-refractivity contribution >= 4 is 23.0 Å². The van der Waals surface area contributed by atoms with Gasteiger partial charge in [0.25, 0.3) is 0 Å². The zero-order chi connectivity index (χ0) is 19.4. The molecule has 0 bridgehead atoms. The summed E-state index contributed by atoms with van der Waals surface area (Å²) < 4.78 is 11.9. The second-order valence-electron chi connectivity index (χ2n) is 9.23. The van der Waals surface area contributed by atoms with Crippen molar-refractivity contribution in [3.05, 3.63) is 22.8 Å². The fourth-order valence-electron chi connectivity index (χ4n) is 5.85. The standard InChI is InChI=1S/C21H31IO4/c1-11(2)12-10-13-14(16(24)15(12)23)21(5)9-7-8-20(3,4)19(21)18(25-6)17(13)26-22/h10-11,17-19,23-24H,7-9H2,1-6H3/t17?,18?,19?,21-/m1/s1. The molecule has 3 unspecified atom stereocenters. The molecule has 0 radical (unpaired) electrons. The van der Waals surface area contributed by atoms with Crippen LogP contribution >= 0.6 is 23.0 Å². The van der Waals surface area contributed by atoms with E-state index in [4.69, 9.17) is 7.80 Å². The van der Waals surface area contributed by atoms with Crippen LogP contribution in [0.15, 0.2) is 6.07 Å². The highest BCUT2D eigenvalue weighted by atomic mass is 127. The summed E-state index contributed by atoms with van der Waals surface area (Å²) in [4.78, 5) is 0. The monoisotopic (exact) mass is 474 g/mol. The van der Waals surface area contributed by atoms with Crippen LogP contribution in [0.1, 0.15) is 82.6 Å². The molecule has 2 N–H and O–H groups in total. The van der Waals surface area contributed by atoms with Gasteiger partial charge in [-0.05, 0) is 35.8 Å². The minimum absolute atomic E-state index is 0.0187. The number of aromatic hydroxyl groups is 2. The van der Waals surface area contributed by atoms with Crippen LogP contribution in [0.25, 0.3) is 0 Å². The summed E-state index contributed by atoms with van der Waals surface area (Å²) in [6, 6.07) is 2.02. The molecule has 2 aliphatic rings. The number of methoxy groups -OCH3 is 1. The first-order valence-corrected chi connectivity index (χ1v) is 10.4. The van der Waals surface area contributed by atoms with Crippen LogP contribution in [0.3, 0.4) is 0 Å². The quantitative estimate of drug-likeness (QED) is 0.433. The summed E-state index contributed by atoms with van der Waals surface area (Å²) in [5.74, 6) is 0.348. The van der Waals surface area contributed by atoms with E-state index in [0.29, 0.717) is 0 Å². The van der Waals surface area contributed by atoms with E-state index in [1.165, 1.54) is 0 Å². The Labute approximate surface area is 171 Å². The van der Waals surface area contributed by atoms with E-state index < -0.39 is 0 Å². The lowest BCUT2D eigenvalue weighted by Crippen LogP contribution is -2.56. The molecule has 1 fully saturated rings. The smallest absolute Gasteiger partial charge is 0.161 e. The first kappa shape index (κ1) is 20.2. The number of hydrogen-bond acceptors (Lipinski definition) is 4. The Morgan fingerprint density at radius 1 is 1.15 bits per heavy atom. The Morgan fingerprint density at radius 3 is 2.35 bits per heavy atom. The third kappa shape index (κ3) is 2.76. The summed E-state index contributed by atoms with van der Waals surface area (Å²) in [7, 11) is 1.76. The molecule has 0 aromatic heterocycles. The van der Waals surface area contributed by atoms with Crippen molar-refractivity contribution in [2.45, 2.75) is 77.4 Å². The lowest BCUT2D eigenvalue weighted by Gasteiger charge is -2.58. The highest BCUT2D eigenvalue weighted by Crippen LogP contribution is 2.63. The zero-order valence-electron chi connectivity index (χ0n) is 16.6. The average molecular weight is 474 g/mol. The molecule has 146 valence electrons. The first-order valence-electron chi connectivity index (χ1n) is 9.49. The largest absolute Gasteiger partial charge is 0.504 e. The topological polar surface area (TPSA) is 58.9 Å². The molecule has 1 aromatic rings. The molecule has 1 aromatic carbocycles. The fraction of sp³-hybridized carbons (Fsp3) is 0.714. The molecule has 0 heterocycles. The van der Waals surface area contributed by atoms with Crippen molar-refractivity contribution in [2.24, 2.45) is 11.3 Å². The molecule has 0 saturated heterocycles. The van der Waals surface area contributed by atoms with Crippen LogP contribution in [0.2, 0.25) is 0 Å². The maximum atomic E-state index is 11.1. The maximum Gasteiger partial charge on any atom is 0.161 e. The van der Waals surface area contributed by atoms with E-state index in [2.05, 4.69) is 20.8 Å². The van der Waals surface area contributed by atoms with E-state index >= 15 is 0 Å². The zero-order valence-corrected chi connectivity index (χ0v) is 18.8. The SMILES string of the molecule is COC1C(OI)c2cc(C(C)C)c(O)c(O)c2[C@@]2(C)CCCC(C)(C)C12. The lowest BCUT2D eigenvalue weighted by atomic mass is 9.48. The van der Waals surface area contributed by atoms with E-state index in [-0.39, 0.29) is 46.4 Å². The van der Waals surface area contributed by atoms with E-state index in [1.807, 2.05) is 42.9 Å². The maximum absolute atomic E-state index is 11.1. The predicted octanol–water partition coefficient (Wildman–Crippen LogP) is 5.74. The lowest BCUT2D eigenvalue weighted by molar-refractivity contribution is -0.115. The van der Waals surface area contributed by atoms with Crippen molar-refractivity contribution in [3.63, 3.8) is 0 Å². The molecule has 4 atom stereocenters. The third-order valence-corrected chi connectivity index (χ3v) is 7.42.